The molecule has 0 atom stereocenters. The molecule has 0 aliphatic carbocycles. The van der Waals surface area contributed by atoms with Crippen LogP contribution in [0.15, 0.2) is 34.8 Å². The Morgan fingerprint density at radius 1 is 0.895 bits per heavy atom. The molecule has 0 aliphatic rings. The van der Waals surface area contributed by atoms with Crippen LogP contribution in [0.4, 0.5) is 5.69 Å². The summed E-state index contributed by atoms with van der Waals surface area (Å²) in [5.74, 6) is 0. The number of hydrogen-bond donors (Lipinski definition) is 1. The van der Waals surface area contributed by atoms with Gasteiger partial charge in [0.15, 0.2) is 0 Å². The van der Waals surface area contributed by atoms with E-state index >= 15 is 0 Å². The van der Waals surface area contributed by atoms with E-state index in [9.17, 15) is 0 Å². The zero-order chi connectivity index (χ0) is 14.0. The van der Waals surface area contributed by atoms with E-state index in [-0.39, 0.29) is 0 Å². The standard InChI is InChI=1S/C13H8BrCl4N/c14-7-1-2-10(16)12(5-7)19-6-8-9(15)3-4-11(17)13(8)18/h1-5,19H,6H2. The summed E-state index contributed by atoms with van der Waals surface area (Å²) in [7, 11) is 0. The van der Waals surface area contributed by atoms with Crippen LogP contribution in [-0.2, 0) is 6.54 Å². The van der Waals surface area contributed by atoms with E-state index < -0.39 is 0 Å². The average Bonchev–Trinajstić information content (AvgIpc) is 2.38. The molecule has 19 heavy (non-hydrogen) atoms. The molecule has 1 nitrogen and oxygen atoms in total. The minimum atomic E-state index is 0.439. The zero-order valence-electron chi connectivity index (χ0n) is 9.48. The molecular weight excluding hydrogens is 392 g/mol. The Balaban J connectivity index is 2.24. The van der Waals surface area contributed by atoms with Gasteiger partial charge in [-0.15, -0.1) is 0 Å². The Morgan fingerprint density at radius 2 is 1.53 bits per heavy atom. The van der Waals surface area contributed by atoms with Crippen molar-refractivity contribution in [2.24, 2.45) is 0 Å². The molecule has 0 amide bonds. The fraction of sp³-hybridized carbons (Fsp3) is 0.0769. The van der Waals surface area contributed by atoms with Crippen molar-refractivity contribution in [1.29, 1.82) is 0 Å². The van der Waals surface area contributed by atoms with Crippen molar-refractivity contribution in [3.63, 3.8) is 0 Å². The molecule has 0 aromatic heterocycles. The summed E-state index contributed by atoms with van der Waals surface area (Å²) in [6.07, 6.45) is 0. The predicted molar refractivity (Wildman–Crippen MR) is 88.0 cm³/mol. The molecule has 1 N–H and O–H groups in total. The van der Waals surface area contributed by atoms with Gasteiger partial charge in [-0.05, 0) is 30.3 Å². The fourth-order valence-corrected chi connectivity index (χ4v) is 2.77. The second kappa shape index (κ2) is 6.55. The summed E-state index contributed by atoms with van der Waals surface area (Å²) in [6, 6.07) is 8.94. The molecule has 100 valence electrons. The van der Waals surface area contributed by atoms with Crippen LogP contribution in [0, 0.1) is 0 Å². The third-order valence-corrected chi connectivity index (χ3v) is 4.54. The third kappa shape index (κ3) is 3.71. The van der Waals surface area contributed by atoms with Crippen LogP contribution in [0.25, 0.3) is 0 Å². The first-order valence-electron chi connectivity index (χ1n) is 5.30. The van der Waals surface area contributed by atoms with Crippen LogP contribution in [-0.4, -0.2) is 0 Å². The van der Waals surface area contributed by atoms with Gasteiger partial charge in [-0.1, -0.05) is 62.3 Å². The highest BCUT2D eigenvalue weighted by Gasteiger charge is 2.10. The van der Waals surface area contributed by atoms with Crippen molar-refractivity contribution in [2.75, 3.05) is 5.32 Å². The van der Waals surface area contributed by atoms with E-state index in [1.54, 1.807) is 18.2 Å². The van der Waals surface area contributed by atoms with E-state index in [1.165, 1.54) is 0 Å². The van der Waals surface area contributed by atoms with Crippen LogP contribution < -0.4 is 5.32 Å². The highest BCUT2D eigenvalue weighted by atomic mass is 79.9. The van der Waals surface area contributed by atoms with Crippen molar-refractivity contribution in [3.8, 4) is 0 Å². The Labute approximate surface area is 139 Å². The summed E-state index contributed by atoms with van der Waals surface area (Å²) < 4.78 is 0.933. The molecule has 0 fully saturated rings. The van der Waals surface area contributed by atoms with E-state index in [2.05, 4.69) is 21.2 Å². The number of rotatable bonds is 3. The fourth-order valence-electron chi connectivity index (χ4n) is 1.55. The highest BCUT2D eigenvalue weighted by Crippen LogP contribution is 2.33. The van der Waals surface area contributed by atoms with Crippen LogP contribution in [0.2, 0.25) is 20.1 Å². The second-order valence-corrected chi connectivity index (χ2v) is 6.31. The monoisotopic (exact) mass is 397 g/mol. The lowest BCUT2D eigenvalue weighted by molar-refractivity contribution is 1.15. The maximum absolute atomic E-state index is 6.14. The van der Waals surface area contributed by atoms with Gasteiger partial charge in [-0.2, -0.15) is 0 Å². The first-order valence-corrected chi connectivity index (χ1v) is 7.61. The van der Waals surface area contributed by atoms with Gasteiger partial charge in [0, 0.05) is 21.6 Å². The van der Waals surface area contributed by atoms with Gasteiger partial charge in [0.1, 0.15) is 0 Å². The first kappa shape index (κ1) is 15.3. The summed E-state index contributed by atoms with van der Waals surface area (Å²) >= 11 is 27.7. The molecule has 0 saturated heterocycles. The molecule has 2 aromatic carbocycles. The van der Waals surface area contributed by atoms with Crippen LogP contribution in [0.1, 0.15) is 5.56 Å². The molecule has 0 aliphatic heterocycles. The molecular formula is C13H8BrCl4N. The Morgan fingerprint density at radius 3 is 2.26 bits per heavy atom. The molecule has 0 spiro atoms. The lowest BCUT2D eigenvalue weighted by Gasteiger charge is -2.12. The van der Waals surface area contributed by atoms with E-state index in [0.717, 1.165) is 15.7 Å². The summed E-state index contributed by atoms with van der Waals surface area (Å²) in [5, 5.41) is 5.30. The predicted octanol–water partition coefficient (Wildman–Crippen LogP) is 6.67. The van der Waals surface area contributed by atoms with E-state index in [1.807, 2.05) is 12.1 Å². The zero-order valence-corrected chi connectivity index (χ0v) is 14.1. The first-order chi connectivity index (χ1) is 8.99. The van der Waals surface area contributed by atoms with E-state index in [4.69, 9.17) is 46.4 Å². The van der Waals surface area contributed by atoms with Gasteiger partial charge in [0.2, 0.25) is 0 Å². The minimum absolute atomic E-state index is 0.439. The number of hydrogen-bond acceptors (Lipinski definition) is 1. The van der Waals surface area contributed by atoms with Crippen LogP contribution in [0.5, 0.6) is 0 Å². The SMILES string of the molecule is Clc1ccc(Br)cc1NCc1c(Cl)ccc(Cl)c1Cl. The van der Waals surface area contributed by atoms with Crippen molar-refractivity contribution in [1.82, 2.24) is 0 Å². The number of anilines is 1. The maximum Gasteiger partial charge on any atom is 0.0657 e. The van der Waals surface area contributed by atoms with Crippen molar-refractivity contribution in [3.05, 3.63) is 60.5 Å². The van der Waals surface area contributed by atoms with Gasteiger partial charge >= 0.3 is 0 Å². The lowest BCUT2D eigenvalue weighted by Crippen LogP contribution is -2.01. The molecule has 2 aromatic rings. The third-order valence-electron chi connectivity index (χ3n) is 2.52. The molecule has 0 radical (unpaired) electrons. The maximum atomic E-state index is 6.14. The normalized spacial score (nSPS) is 10.6. The van der Waals surface area contributed by atoms with Gasteiger partial charge < -0.3 is 5.32 Å². The van der Waals surface area contributed by atoms with E-state index in [0.29, 0.717) is 26.6 Å². The summed E-state index contributed by atoms with van der Waals surface area (Å²) in [5.41, 5.74) is 1.54. The molecule has 0 bridgehead atoms. The molecule has 0 unspecified atom stereocenters. The van der Waals surface area contributed by atoms with Gasteiger partial charge in [-0.25, -0.2) is 0 Å². The van der Waals surface area contributed by atoms with Gasteiger partial charge in [-0.3, -0.25) is 0 Å². The topological polar surface area (TPSA) is 12.0 Å². The number of halogens is 5. The lowest BCUT2D eigenvalue weighted by atomic mass is 10.2. The number of benzene rings is 2. The van der Waals surface area contributed by atoms with Gasteiger partial charge in [0.05, 0.1) is 20.8 Å². The highest BCUT2D eigenvalue weighted by molar-refractivity contribution is 9.10. The quantitative estimate of drug-likeness (QED) is 0.568. The van der Waals surface area contributed by atoms with Crippen LogP contribution >= 0.6 is 62.3 Å². The Hall–Kier alpha value is -0.120. The Bertz CT molecular complexity index is 616. The minimum Gasteiger partial charge on any atom is -0.380 e. The van der Waals surface area contributed by atoms with Crippen molar-refractivity contribution in [2.45, 2.75) is 6.54 Å². The summed E-state index contributed by atoms with van der Waals surface area (Å²) in [4.78, 5) is 0. The smallest absolute Gasteiger partial charge is 0.0657 e. The molecule has 0 saturated carbocycles. The molecule has 2 rings (SSSR count). The molecule has 0 heterocycles. The van der Waals surface area contributed by atoms with Crippen molar-refractivity contribution < 1.29 is 0 Å². The van der Waals surface area contributed by atoms with Crippen LogP contribution in [0.3, 0.4) is 0 Å². The second-order valence-electron chi connectivity index (χ2n) is 3.80. The Kier molecular flexibility index (Phi) is 5.27. The number of nitrogens with one attached hydrogen (secondary N) is 1. The summed E-state index contributed by atoms with van der Waals surface area (Å²) in [6.45, 7) is 0.439. The molecule has 6 heteroatoms. The average molecular weight is 400 g/mol. The van der Waals surface area contributed by atoms with Crippen molar-refractivity contribution >= 4 is 68.0 Å². The largest absolute Gasteiger partial charge is 0.380 e. The van der Waals surface area contributed by atoms with Gasteiger partial charge in [0.25, 0.3) is 0 Å².